The Morgan fingerprint density at radius 1 is 1.47 bits per heavy atom. The van der Waals surface area contributed by atoms with Gasteiger partial charge in [0.2, 0.25) is 0 Å². The molecule has 3 rings (SSSR count). The maximum absolute atomic E-state index is 9.09. The highest BCUT2D eigenvalue weighted by Crippen LogP contribution is 2.33. The molecule has 0 bridgehead atoms. The summed E-state index contributed by atoms with van der Waals surface area (Å²) in [7, 11) is 0. The molecule has 2 N–H and O–H groups in total. The van der Waals surface area contributed by atoms with Gasteiger partial charge in [-0.3, -0.25) is 0 Å². The molecular weight excluding hydrogens is 300 g/mol. The zero-order valence-electron chi connectivity index (χ0n) is 9.48. The second kappa shape index (κ2) is 5.13. The second-order valence-corrected chi connectivity index (χ2v) is 5.67. The minimum atomic E-state index is 0.553. The molecule has 7 heteroatoms. The number of hydrogen-bond donors (Lipinski definition) is 2. The van der Waals surface area contributed by atoms with E-state index in [1.807, 2.05) is 11.4 Å². The van der Waals surface area contributed by atoms with E-state index in [2.05, 4.69) is 20.1 Å². The van der Waals surface area contributed by atoms with Crippen LogP contribution in [0.3, 0.4) is 0 Å². The fourth-order valence-electron chi connectivity index (χ4n) is 1.75. The number of hydrogen-bond acceptors (Lipinski definition) is 5. The fraction of sp³-hybridized carbons (Fsp3) is 0. The number of fused-ring (bicyclic) bond motifs is 1. The number of H-pyrrole nitrogens is 1. The minimum absolute atomic E-state index is 0.553. The molecule has 0 amide bonds. The van der Waals surface area contributed by atoms with Crippen molar-refractivity contribution in [2.75, 3.05) is 4.72 Å². The van der Waals surface area contributed by atoms with Gasteiger partial charge in [0.05, 0.1) is 39.0 Å². The van der Waals surface area contributed by atoms with Crippen LogP contribution in [-0.4, -0.2) is 9.36 Å². The molecular formula is C12H7ClN4S2. The van der Waals surface area contributed by atoms with Crippen LogP contribution in [0.15, 0.2) is 34.8 Å². The molecule has 3 aromatic rings. The summed E-state index contributed by atoms with van der Waals surface area (Å²) in [5, 5.41) is 12.4. The molecule has 0 aliphatic carbocycles. The number of nitrogens with one attached hydrogen (secondary N) is 2. The SMILES string of the molecule is N#Cc1ccc(NSc2cnsc2)c2[nH]cc(Cl)c12. The average Bonchev–Trinajstić information content (AvgIpc) is 3.07. The van der Waals surface area contributed by atoms with E-state index in [9.17, 15) is 0 Å². The van der Waals surface area contributed by atoms with Gasteiger partial charge in [0.15, 0.2) is 0 Å². The Morgan fingerprint density at radius 2 is 2.37 bits per heavy atom. The highest BCUT2D eigenvalue weighted by molar-refractivity contribution is 8.00. The molecule has 0 unspecified atom stereocenters. The highest BCUT2D eigenvalue weighted by atomic mass is 35.5. The first-order valence-corrected chi connectivity index (χ1v) is 7.34. The molecule has 0 saturated heterocycles. The monoisotopic (exact) mass is 306 g/mol. The molecule has 0 saturated carbocycles. The van der Waals surface area contributed by atoms with E-state index in [4.69, 9.17) is 16.9 Å². The molecule has 0 fully saturated rings. The van der Waals surface area contributed by atoms with Gasteiger partial charge < -0.3 is 9.71 Å². The van der Waals surface area contributed by atoms with Gasteiger partial charge >= 0.3 is 0 Å². The topological polar surface area (TPSA) is 64.5 Å². The van der Waals surface area contributed by atoms with Gasteiger partial charge in [0.1, 0.15) is 0 Å². The Kier molecular flexibility index (Phi) is 3.34. The smallest absolute Gasteiger partial charge is 0.0999 e. The molecule has 0 aliphatic heterocycles. The van der Waals surface area contributed by atoms with Crippen molar-refractivity contribution in [3.05, 3.63) is 40.5 Å². The Labute approximate surface area is 122 Å². The molecule has 2 aromatic heterocycles. The van der Waals surface area contributed by atoms with Crippen LogP contribution in [0.1, 0.15) is 5.56 Å². The van der Waals surface area contributed by atoms with Crippen LogP contribution in [0.5, 0.6) is 0 Å². The largest absolute Gasteiger partial charge is 0.358 e. The summed E-state index contributed by atoms with van der Waals surface area (Å²) in [5.74, 6) is 0. The second-order valence-electron chi connectivity index (χ2n) is 3.72. The van der Waals surface area contributed by atoms with Crippen LogP contribution in [-0.2, 0) is 0 Å². The summed E-state index contributed by atoms with van der Waals surface area (Å²) in [5.41, 5.74) is 2.28. The van der Waals surface area contributed by atoms with E-state index in [0.29, 0.717) is 10.6 Å². The summed E-state index contributed by atoms with van der Waals surface area (Å²) in [6, 6.07) is 5.77. The van der Waals surface area contributed by atoms with Crippen molar-refractivity contribution in [2.24, 2.45) is 0 Å². The van der Waals surface area contributed by atoms with Crippen molar-refractivity contribution in [1.82, 2.24) is 9.36 Å². The predicted octanol–water partition coefficient (Wildman–Crippen LogP) is 4.27. The lowest BCUT2D eigenvalue weighted by Gasteiger charge is -2.06. The summed E-state index contributed by atoms with van der Waals surface area (Å²) < 4.78 is 7.28. The molecule has 94 valence electrons. The van der Waals surface area contributed by atoms with E-state index in [-0.39, 0.29) is 0 Å². The summed E-state index contributed by atoms with van der Waals surface area (Å²) in [6.07, 6.45) is 3.49. The van der Waals surface area contributed by atoms with Crippen LogP contribution < -0.4 is 4.72 Å². The molecule has 1 aromatic carbocycles. The van der Waals surface area contributed by atoms with Crippen molar-refractivity contribution < 1.29 is 0 Å². The molecule has 0 radical (unpaired) electrons. The summed E-state index contributed by atoms with van der Waals surface area (Å²) >= 11 is 8.98. The third-order valence-corrected chi connectivity index (χ3v) is 4.41. The average molecular weight is 307 g/mol. The number of nitriles is 1. The molecule has 19 heavy (non-hydrogen) atoms. The lowest BCUT2D eigenvalue weighted by Crippen LogP contribution is -1.89. The first-order valence-electron chi connectivity index (χ1n) is 5.31. The Morgan fingerprint density at radius 3 is 3.11 bits per heavy atom. The van der Waals surface area contributed by atoms with Crippen molar-refractivity contribution in [3.8, 4) is 6.07 Å². The molecule has 4 nitrogen and oxygen atoms in total. The first kappa shape index (κ1) is 12.4. The lowest BCUT2D eigenvalue weighted by molar-refractivity contribution is 1.44. The summed E-state index contributed by atoms with van der Waals surface area (Å²) in [4.78, 5) is 4.13. The first-order chi connectivity index (χ1) is 9.29. The van der Waals surface area contributed by atoms with Crippen LogP contribution in [0.4, 0.5) is 5.69 Å². The molecule has 2 heterocycles. The van der Waals surface area contributed by atoms with E-state index in [1.165, 1.54) is 23.5 Å². The molecule has 0 atom stereocenters. The predicted molar refractivity (Wildman–Crippen MR) is 79.6 cm³/mol. The van der Waals surface area contributed by atoms with E-state index < -0.39 is 0 Å². The van der Waals surface area contributed by atoms with Crippen molar-refractivity contribution in [3.63, 3.8) is 0 Å². The third-order valence-electron chi connectivity index (χ3n) is 2.60. The summed E-state index contributed by atoms with van der Waals surface area (Å²) in [6.45, 7) is 0. The number of rotatable bonds is 3. The number of nitrogens with zero attached hydrogens (tertiary/aromatic N) is 2. The Balaban J connectivity index is 1.99. The van der Waals surface area contributed by atoms with Gasteiger partial charge in [-0.1, -0.05) is 11.6 Å². The van der Waals surface area contributed by atoms with Crippen molar-refractivity contribution in [1.29, 1.82) is 5.26 Å². The molecule has 0 spiro atoms. The van der Waals surface area contributed by atoms with Gasteiger partial charge in [-0.2, -0.15) is 9.64 Å². The number of benzene rings is 1. The van der Waals surface area contributed by atoms with Crippen molar-refractivity contribution >= 4 is 51.7 Å². The quantitative estimate of drug-likeness (QED) is 0.709. The third kappa shape index (κ3) is 2.28. The fourth-order valence-corrected chi connectivity index (χ4v) is 3.29. The number of aromatic amines is 1. The number of aromatic nitrogens is 2. The van der Waals surface area contributed by atoms with Gasteiger partial charge in [0.25, 0.3) is 0 Å². The normalized spacial score (nSPS) is 10.5. The van der Waals surface area contributed by atoms with Gasteiger partial charge in [-0.05, 0) is 35.6 Å². The standard InChI is InChI=1S/C12H7ClN4S2/c13-9-5-15-12-10(2-1-7(3-14)11(9)12)17-19-8-4-16-18-6-8/h1-2,4-6,15,17H. The zero-order chi connectivity index (χ0) is 13.2. The Hall–Kier alpha value is -1.68. The van der Waals surface area contributed by atoms with Crippen LogP contribution in [0, 0.1) is 11.3 Å². The number of halogens is 1. The van der Waals surface area contributed by atoms with Gasteiger partial charge in [0, 0.05) is 17.0 Å². The van der Waals surface area contributed by atoms with Gasteiger partial charge in [-0.25, -0.2) is 0 Å². The van der Waals surface area contributed by atoms with Crippen LogP contribution in [0.2, 0.25) is 5.02 Å². The maximum atomic E-state index is 9.09. The van der Waals surface area contributed by atoms with Gasteiger partial charge in [-0.15, -0.1) is 0 Å². The Bertz CT molecular complexity index is 758. The number of anilines is 1. The van der Waals surface area contributed by atoms with E-state index >= 15 is 0 Å². The highest BCUT2D eigenvalue weighted by Gasteiger charge is 2.11. The minimum Gasteiger partial charge on any atom is -0.358 e. The van der Waals surface area contributed by atoms with E-state index in [1.54, 1.807) is 18.5 Å². The van der Waals surface area contributed by atoms with Crippen LogP contribution in [0.25, 0.3) is 10.9 Å². The maximum Gasteiger partial charge on any atom is 0.0999 e. The lowest BCUT2D eigenvalue weighted by atomic mass is 10.1. The molecule has 0 aliphatic rings. The zero-order valence-corrected chi connectivity index (χ0v) is 11.9. The van der Waals surface area contributed by atoms with E-state index in [0.717, 1.165) is 21.5 Å². The van der Waals surface area contributed by atoms with Crippen molar-refractivity contribution in [2.45, 2.75) is 4.90 Å². The van der Waals surface area contributed by atoms with Crippen LogP contribution >= 0.6 is 35.1 Å².